The number of Topliss-reactive ketones (excluding diaryl/α,β-unsaturated/α-hetero) is 1. The highest BCUT2D eigenvalue weighted by atomic mass is 16.2. The Hall–Kier alpha value is -3.67. The number of carbonyl (C=O) groups is 2. The lowest BCUT2D eigenvalue weighted by molar-refractivity contribution is -0.114. The van der Waals surface area contributed by atoms with Crippen LogP contribution >= 0.6 is 0 Å². The first kappa shape index (κ1) is 15.8. The number of hydrogen-bond acceptors (Lipinski definition) is 3. The first-order chi connectivity index (χ1) is 12.6. The van der Waals surface area contributed by atoms with Gasteiger partial charge in [-0.15, -0.1) is 0 Å². The van der Waals surface area contributed by atoms with Crippen LogP contribution in [0.3, 0.4) is 0 Å². The SMILES string of the molecule is CN1C(=O)C(=Cc2c(-c3ccccc3)[nH][nH]c2=O)C(=O)c2ccccc21. The van der Waals surface area contributed by atoms with E-state index in [1.54, 1.807) is 31.3 Å². The largest absolute Gasteiger partial charge is 0.311 e. The summed E-state index contributed by atoms with van der Waals surface area (Å²) < 4.78 is 0. The lowest BCUT2D eigenvalue weighted by Crippen LogP contribution is -2.36. The number of benzene rings is 2. The maximum atomic E-state index is 12.8. The van der Waals surface area contributed by atoms with Crippen molar-refractivity contribution < 1.29 is 9.59 Å². The number of para-hydroxylation sites is 1. The summed E-state index contributed by atoms with van der Waals surface area (Å²) in [6, 6.07) is 16.2. The van der Waals surface area contributed by atoms with E-state index < -0.39 is 11.5 Å². The number of amides is 1. The molecule has 0 unspecified atom stereocenters. The number of nitrogens with zero attached hydrogens (tertiary/aromatic N) is 1. The Kier molecular flexibility index (Phi) is 3.65. The van der Waals surface area contributed by atoms with Gasteiger partial charge >= 0.3 is 0 Å². The van der Waals surface area contributed by atoms with Crippen molar-refractivity contribution >= 4 is 23.5 Å². The van der Waals surface area contributed by atoms with E-state index in [0.717, 1.165) is 5.56 Å². The van der Waals surface area contributed by atoms with Gasteiger partial charge in [0.25, 0.3) is 11.5 Å². The number of H-pyrrole nitrogens is 2. The Bertz CT molecular complexity index is 1110. The fourth-order valence-electron chi connectivity index (χ4n) is 3.10. The van der Waals surface area contributed by atoms with Crippen LogP contribution in [0.25, 0.3) is 17.3 Å². The van der Waals surface area contributed by atoms with Crippen molar-refractivity contribution in [1.82, 2.24) is 10.2 Å². The molecule has 1 amide bonds. The van der Waals surface area contributed by atoms with E-state index in [1.165, 1.54) is 11.0 Å². The Morgan fingerprint density at radius 3 is 2.35 bits per heavy atom. The summed E-state index contributed by atoms with van der Waals surface area (Å²) in [5.41, 5.74) is 2.14. The van der Waals surface area contributed by atoms with E-state index >= 15 is 0 Å². The van der Waals surface area contributed by atoms with Crippen LogP contribution in [0.2, 0.25) is 0 Å². The van der Waals surface area contributed by atoms with Crippen molar-refractivity contribution in [3.8, 4) is 11.3 Å². The molecule has 6 nitrogen and oxygen atoms in total. The number of fused-ring (bicyclic) bond motifs is 1. The molecule has 26 heavy (non-hydrogen) atoms. The molecule has 2 heterocycles. The summed E-state index contributed by atoms with van der Waals surface area (Å²) in [5, 5.41) is 5.35. The molecule has 0 fully saturated rings. The smallest absolute Gasteiger partial charge is 0.271 e. The van der Waals surface area contributed by atoms with Crippen LogP contribution in [0.4, 0.5) is 5.69 Å². The van der Waals surface area contributed by atoms with Gasteiger partial charge in [0.2, 0.25) is 5.78 Å². The van der Waals surface area contributed by atoms with E-state index in [1.807, 2.05) is 30.3 Å². The van der Waals surface area contributed by atoms with Crippen LogP contribution in [0.5, 0.6) is 0 Å². The van der Waals surface area contributed by atoms with Crippen molar-refractivity contribution in [3.63, 3.8) is 0 Å². The van der Waals surface area contributed by atoms with Gasteiger partial charge in [-0.05, 0) is 18.2 Å². The van der Waals surface area contributed by atoms with Crippen LogP contribution in [-0.2, 0) is 4.79 Å². The number of carbonyl (C=O) groups excluding carboxylic acids is 2. The van der Waals surface area contributed by atoms with Crippen LogP contribution in [0.1, 0.15) is 15.9 Å². The molecule has 2 aromatic carbocycles. The highest BCUT2D eigenvalue weighted by molar-refractivity contribution is 6.36. The monoisotopic (exact) mass is 345 g/mol. The normalized spacial score (nSPS) is 15.4. The molecule has 4 rings (SSSR count). The van der Waals surface area contributed by atoms with Gasteiger partial charge < -0.3 is 4.90 Å². The van der Waals surface area contributed by atoms with Gasteiger partial charge in [-0.1, -0.05) is 42.5 Å². The zero-order chi connectivity index (χ0) is 18.3. The van der Waals surface area contributed by atoms with Crippen LogP contribution in [-0.4, -0.2) is 28.9 Å². The molecular formula is C20H15N3O3. The highest BCUT2D eigenvalue weighted by Crippen LogP contribution is 2.30. The zero-order valence-electron chi connectivity index (χ0n) is 13.9. The summed E-state index contributed by atoms with van der Waals surface area (Å²) in [7, 11) is 1.61. The fourth-order valence-corrected chi connectivity index (χ4v) is 3.10. The van der Waals surface area contributed by atoms with Crippen molar-refractivity contribution in [2.45, 2.75) is 0 Å². The molecule has 0 atom stereocenters. The molecule has 0 radical (unpaired) electrons. The molecule has 6 heteroatoms. The minimum atomic E-state index is -0.437. The molecule has 1 aromatic heterocycles. The molecule has 0 bridgehead atoms. The van der Waals surface area contributed by atoms with E-state index in [-0.39, 0.29) is 16.9 Å². The second kappa shape index (κ2) is 6.00. The molecule has 0 spiro atoms. The third-order valence-corrected chi connectivity index (χ3v) is 4.46. The first-order valence-corrected chi connectivity index (χ1v) is 8.07. The molecule has 0 aliphatic carbocycles. The summed E-state index contributed by atoms with van der Waals surface area (Å²) in [5.74, 6) is -0.823. The van der Waals surface area contributed by atoms with Gasteiger partial charge in [0.15, 0.2) is 0 Å². The van der Waals surface area contributed by atoms with Gasteiger partial charge in [-0.25, -0.2) is 0 Å². The van der Waals surface area contributed by atoms with E-state index in [9.17, 15) is 14.4 Å². The van der Waals surface area contributed by atoms with Crippen molar-refractivity contribution in [2.75, 3.05) is 11.9 Å². The minimum absolute atomic E-state index is 0.0338. The van der Waals surface area contributed by atoms with Crippen molar-refractivity contribution in [2.24, 2.45) is 0 Å². The zero-order valence-corrected chi connectivity index (χ0v) is 13.9. The van der Waals surface area contributed by atoms with Crippen LogP contribution < -0.4 is 10.5 Å². The Balaban J connectivity index is 1.88. The topological polar surface area (TPSA) is 86.0 Å². The minimum Gasteiger partial charge on any atom is -0.311 e. The second-order valence-electron chi connectivity index (χ2n) is 6.00. The molecule has 0 saturated carbocycles. The highest BCUT2D eigenvalue weighted by Gasteiger charge is 2.32. The second-order valence-corrected chi connectivity index (χ2v) is 6.00. The first-order valence-electron chi connectivity index (χ1n) is 8.07. The van der Waals surface area contributed by atoms with E-state index in [4.69, 9.17) is 0 Å². The Morgan fingerprint density at radius 1 is 0.885 bits per heavy atom. The van der Waals surface area contributed by atoms with Gasteiger partial charge in [-0.2, -0.15) is 0 Å². The standard InChI is InChI=1S/C20H15N3O3/c1-23-16-10-6-5-9-13(16)18(24)15(20(23)26)11-14-17(21-22-19(14)25)12-7-3-2-4-8-12/h2-11H,1H3,(H2,21,22,25). The summed E-state index contributed by atoms with van der Waals surface area (Å²) in [4.78, 5) is 39.2. The number of aromatic nitrogens is 2. The molecule has 1 aliphatic rings. The predicted octanol–water partition coefficient (Wildman–Crippen LogP) is 2.61. The third kappa shape index (κ3) is 2.39. The van der Waals surface area contributed by atoms with Gasteiger partial charge in [0, 0.05) is 18.2 Å². The van der Waals surface area contributed by atoms with E-state index in [2.05, 4.69) is 10.2 Å². The third-order valence-electron chi connectivity index (χ3n) is 4.46. The molecular weight excluding hydrogens is 330 g/mol. The van der Waals surface area contributed by atoms with Crippen molar-refractivity contribution in [3.05, 3.63) is 81.7 Å². The number of hydrogen-bond donors (Lipinski definition) is 2. The number of ketones is 1. The summed E-state index contributed by atoms with van der Waals surface area (Å²) in [6.07, 6.45) is 1.37. The van der Waals surface area contributed by atoms with Crippen molar-refractivity contribution in [1.29, 1.82) is 0 Å². The van der Waals surface area contributed by atoms with Gasteiger partial charge in [-0.3, -0.25) is 24.6 Å². The fraction of sp³-hybridized carbons (Fsp3) is 0.0500. The van der Waals surface area contributed by atoms with Gasteiger partial charge in [0.05, 0.1) is 22.5 Å². The number of aromatic amines is 2. The molecule has 3 aromatic rings. The average Bonchev–Trinajstić information content (AvgIpc) is 3.04. The lowest BCUT2D eigenvalue weighted by Gasteiger charge is -2.26. The molecule has 0 saturated heterocycles. The predicted molar refractivity (Wildman–Crippen MR) is 99.0 cm³/mol. The number of likely N-dealkylation sites (N-methyl/N-ethyl adjacent to an activating group) is 1. The number of nitrogens with one attached hydrogen (secondary N) is 2. The number of rotatable bonds is 2. The molecule has 128 valence electrons. The summed E-state index contributed by atoms with van der Waals surface area (Å²) in [6.45, 7) is 0. The molecule has 2 N–H and O–H groups in total. The maximum absolute atomic E-state index is 12.8. The van der Waals surface area contributed by atoms with Crippen LogP contribution in [0.15, 0.2) is 65.0 Å². The van der Waals surface area contributed by atoms with E-state index in [0.29, 0.717) is 16.9 Å². The maximum Gasteiger partial charge on any atom is 0.271 e. The average molecular weight is 345 g/mol. The number of anilines is 1. The molecule has 1 aliphatic heterocycles. The van der Waals surface area contributed by atoms with Gasteiger partial charge in [0.1, 0.15) is 0 Å². The Labute approximate surface area is 148 Å². The quantitative estimate of drug-likeness (QED) is 0.553. The van der Waals surface area contributed by atoms with Crippen LogP contribution in [0, 0.1) is 0 Å². The lowest BCUT2D eigenvalue weighted by atomic mass is 9.93. The Morgan fingerprint density at radius 2 is 1.58 bits per heavy atom. The summed E-state index contributed by atoms with van der Waals surface area (Å²) >= 11 is 0.